The Balaban J connectivity index is 1.58. The summed E-state index contributed by atoms with van der Waals surface area (Å²) >= 11 is 0. The van der Waals surface area contributed by atoms with Crippen molar-refractivity contribution < 1.29 is 9.53 Å². The Morgan fingerprint density at radius 3 is 2.47 bits per heavy atom. The topological polar surface area (TPSA) is 58.2 Å². The van der Waals surface area contributed by atoms with Crippen LogP contribution >= 0.6 is 0 Å². The smallest absolute Gasteiger partial charge is 0.410 e. The van der Waals surface area contributed by atoms with Crippen molar-refractivity contribution in [3.05, 3.63) is 29.6 Å². The lowest BCUT2D eigenvalue weighted by Gasteiger charge is -2.34. The first-order chi connectivity index (χ1) is 13.9. The summed E-state index contributed by atoms with van der Waals surface area (Å²) in [5.74, 6) is 1.45. The van der Waals surface area contributed by atoms with Gasteiger partial charge in [0.05, 0.1) is 17.1 Å². The minimum atomic E-state index is -0.490. The molecule has 1 saturated carbocycles. The standard InChI is InChI=1S/C25H37N3O2/c1-23(2,3)30-22(29)28-12-8-9-20(28)21-26-18-11-10-16(13-19(18)27-21)17-14-24(4,5)25(6,7)15-17/h10-11,13,17,20H,8-9,12,14-15H2,1-7H3,(H,26,27)/t20-/m0/s1. The van der Waals surface area contributed by atoms with Crippen LogP contribution in [0.5, 0.6) is 0 Å². The average Bonchev–Trinajstić information content (AvgIpc) is 3.28. The zero-order valence-electron chi connectivity index (χ0n) is 19.6. The first-order valence-electron chi connectivity index (χ1n) is 11.4. The van der Waals surface area contributed by atoms with Crippen molar-refractivity contribution >= 4 is 17.1 Å². The number of nitrogens with one attached hydrogen (secondary N) is 1. The van der Waals surface area contributed by atoms with Crippen molar-refractivity contribution in [3.8, 4) is 0 Å². The summed E-state index contributed by atoms with van der Waals surface area (Å²) in [4.78, 5) is 22.9. The fourth-order valence-corrected chi connectivity index (χ4v) is 5.14. The van der Waals surface area contributed by atoms with Gasteiger partial charge in [0.15, 0.2) is 0 Å². The van der Waals surface area contributed by atoms with Crippen molar-refractivity contribution in [3.63, 3.8) is 0 Å². The number of amides is 1. The van der Waals surface area contributed by atoms with Crippen LogP contribution in [0, 0.1) is 10.8 Å². The number of rotatable bonds is 2. The minimum absolute atomic E-state index is 0.0416. The van der Waals surface area contributed by atoms with Gasteiger partial charge in [-0.2, -0.15) is 0 Å². The summed E-state index contributed by atoms with van der Waals surface area (Å²) in [6, 6.07) is 6.62. The SMILES string of the molecule is CC(C)(C)OC(=O)N1CCC[C@H]1c1nc2ccc(C3CC(C)(C)C(C)(C)C3)cc2[nH]1. The third kappa shape index (κ3) is 3.83. The highest BCUT2D eigenvalue weighted by molar-refractivity contribution is 5.76. The molecule has 5 nitrogen and oxygen atoms in total. The summed E-state index contributed by atoms with van der Waals surface area (Å²) < 4.78 is 5.62. The van der Waals surface area contributed by atoms with E-state index >= 15 is 0 Å². The van der Waals surface area contributed by atoms with Gasteiger partial charge in [0.25, 0.3) is 0 Å². The molecule has 1 aliphatic carbocycles. The molecule has 2 aromatic rings. The van der Waals surface area contributed by atoms with Crippen LogP contribution in [0.2, 0.25) is 0 Å². The van der Waals surface area contributed by atoms with Crippen LogP contribution in [0.25, 0.3) is 11.0 Å². The molecule has 1 saturated heterocycles. The number of hydrogen-bond acceptors (Lipinski definition) is 3. The van der Waals surface area contributed by atoms with Crippen LogP contribution in [0.1, 0.15) is 97.5 Å². The first-order valence-corrected chi connectivity index (χ1v) is 11.4. The molecule has 0 radical (unpaired) electrons. The fourth-order valence-electron chi connectivity index (χ4n) is 5.14. The van der Waals surface area contributed by atoms with E-state index in [0.717, 1.165) is 29.7 Å². The summed E-state index contributed by atoms with van der Waals surface area (Å²) in [5.41, 5.74) is 3.62. The molecule has 0 bridgehead atoms. The van der Waals surface area contributed by atoms with Crippen LogP contribution in [0.3, 0.4) is 0 Å². The second-order valence-corrected chi connectivity index (χ2v) is 11.6. The Labute approximate surface area is 180 Å². The van der Waals surface area contributed by atoms with Crippen molar-refractivity contribution in [2.75, 3.05) is 6.54 Å². The Morgan fingerprint density at radius 1 is 1.17 bits per heavy atom. The van der Waals surface area contributed by atoms with E-state index in [1.807, 2.05) is 25.7 Å². The first kappa shape index (κ1) is 21.2. The van der Waals surface area contributed by atoms with Crippen LogP contribution in [0.4, 0.5) is 4.79 Å². The summed E-state index contributed by atoms with van der Waals surface area (Å²) in [6.07, 6.45) is 4.06. The molecule has 2 aliphatic rings. The highest BCUT2D eigenvalue weighted by atomic mass is 16.6. The molecular weight excluding hydrogens is 374 g/mol. The lowest BCUT2D eigenvalue weighted by atomic mass is 9.71. The number of likely N-dealkylation sites (tertiary alicyclic amines) is 1. The maximum Gasteiger partial charge on any atom is 0.410 e. The number of benzene rings is 1. The number of aromatic amines is 1. The van der Waals surface area contributed by atoms with E-state index in [0.29, 0.717) is 23.3 Å². The molecule has 1 atom stereocenters. The molecule has 164 valence electrons. The molecule has 0 unspecified atom stereocenters. The van der Waals surface area contributed by atoms with Crippen molar-refractivity contribution in [2.45, 2.75) is 91.7 Å². The Hall–Kier alpha value is -2.04. The zero-order chi connectivity index (χ0) is 21.9. The van der Waals surface area contributed by atoms with E-state index in [1.54, 1.807) is 0 Å². The predicted octanol–water partition coefficient (Wildman–Crippen LogP) is 6.56. The van der Waals surface area contributed by atoms with Crippen molar-refractivity contribution in [1.29, 1.82) is 0 Å². The summed E-state index contributed by atoms with van der Waals surface area (Å²) in [6.45, 7) is 16.0. The number of carbonyl (C=O) groups is 1. The third-order valence-electron chi connectivity index (χ3n) is 7.54. The van der Waals surface area contributed by atoms with Gasteiger partial charge in [0.1, 0.15) is 11.4 Å². The molecule has 1 N–H and O–H groups in total. The molecule has 2 fully saturated rings. The second-order valence-electron chi connectivity index (χ2n) is 11.6. The zero-order valence-corrected chi connectivity index (χ0v) is 19.6. The fraction of sp³-hybridized carbons (Fsp3) is 0.680. The van der Waals surface area contributed by atoms with Gasteiger partial charge in [0.2, 0.25) is 0 Å². The van der Waals surface area contributed by atoms with Crippen molar-refractivity contribution in [2.24, 2.45) is 10.8 Å². The van der Waals surface area contributed by atoms with Crippen LogP contribution in [-0.2, 0) is 4.74 Å². The van der Waals surface area contributed by atoms with Gasteiger partial charge in [-0.25, -0.2) is 9.78 Å². The molecule has 2 heterocycles. The maximum absolute atomic E-state index is 12.7. The minimum Gasteiger partial charge on any atom is -0.444 e. The van der Waals surface area contributed by atoms with E-state index < -0.39 is 5.60 Å². The number of ether oxygens (including phenoxy) is 1. The van der Waals surface area contributed by atoms with E-state index in [2.05, 4.69) is 50.9 Å². The van der Waals surface area contributed by atoms with Gasteiger partial charge in [-0.15, -0.1) is 0 Å². The van der Waals surface area contributed by atoms with E-state index in [-0.39, 0.29) is 12.1 Å². The number of carbonyl (C=O) groups excluding carboxylic acids is 1. The lowest BCUT2D eigenvalue weighted by Crippen LogP contribution is -2.36. The van der Waals surface area contributed by atoms with Crippen molar-refractivity contribution in [1.82, 2.24) is 14.9 Å². The number of H-pyrrole nitrogens is 1. The van der Waals surface area contributed by atoms with Gasteiger partial charge in [-0.1, -0.05) is 33.8 Å². The molecular formula is C25H37N3O2. The third-order valence-corrected chi connectivity index (χ3v) is 7.54. The highest BCUT2D eigenvalue weighted by Crippen LogP contribution is 2.57. The molecule has 1 aliphatic heterocycles. The molecule has 30 heavy (non-hydrogen) atoms. The normalized spacial score (nSPS) is 24.0. The van der Waals surface area contributed by atoms with Gasteiger partial charge < -0.3 is 9.72 Å². The Morgan fingerprint density at radius 2 is 1.83 bits per heavy atom. The Bertz CT molecular complexity index is 935. The number of nitrogens with zero attached hydrogens (tertiary/aromatic N) is 2. The van der Waals surface area contributed by atoms with E-state index in [1.165, 1.54) is 18.4 Å². The van der Waals surface area contributed by atoms with Gasteiger partial charge in [-0.3, -0.25) is 4.90 Å². The Kier molecular flexibility index (Phi) is 4.94. The summed E-state index contributed by atoms with van der Waals surface area (Å²) in [7, 11) is 0. The quantitative estimate of drug-likeness (QED) is 0.608. The van der Waals surface area contributed by atoms with Gasteiger partial charge >= 0.3 is 6.09 Å². The number of imidazole rings is 1. The molecule has 1 aromatic heterocycles. The van der Waals surface area contributed by atoms with E-state index in [9.17, 15) is 4.79 Å². The van der Waals surface area contributed by atoms with E-state index in [4.69, 9.17) is 9.72 Å². The number of hydrogen-bond donors (Lipinski definition) is 1. The largest absolute Gasteiger partial charge is 0.444 e. The molecule has 5 heteroatoms. The molecule has 4 rings (SSSR count). The summed E-state index contributed by atoms with van der Waals surface area (Å²) in [5, 5.41) is 0. The monoisotopic (exact) mass is 411 g/mol. The average molecular weight is 412 g/mol. The lowest BCUT2D eigenvalue weighted by molar-refractivity contribution is 0.0219. The predicted molar refractivity (Wildman–Crippen MR) is 121 cm³/mol. The van der Waals surface area contributed by atoms with Gasteiger partial charge in [-0.05, 0) is 80.9 Å². The van der Waals surface area contributed by atoms with Crippen LogP contribution in [-0.4, -0.2) is 33.1 Å². The van der Waals surface area contributed by atoms with Crippen LogP contribution in [0.15, 0.2) is 18.2 Å². The maximum atomic E-state index is 12.7. The molecule has 1 aromatic carbocycles. The molecule has 0 spiro atoms. The van der Waals surface area contributed by atoms with Gasteiger partial charge in [0, 0.05) is 6.54 Å². The second kappa shape index (κ2) is 7.00. The highest BCUT2D eigenvalue weighted by Gasteiger charge is 2.46. The van der Waals surface area contributed by atoms with Crippen LogP contribution < -0.4 is 0 Å². The number of fused-ring (bicyclic) bond motifs is 1. The molecule has 1 amide bonds. The number of aromatic nitrogens is 2.